The first-order valence-corrected chi connectivity index (χ1v) is 8.05. The van der Waals surface area contributed by atoms with Crippen molar-refractivity contribution in [3.8, 4) is 0 Å². The lowest BCUT2D eigenvalue weighted by Gasteiger charge is -2.71. The topological polar surface area (TPSA) is 101 Å². The lowest BCUT2D eigenvalue weighted by molar-refractivity contribution is -0.362. The quantitative estimate of drug-likeness (QED) is 0.734. The van der Waals surface area contributed by atoms with E-state index in [-0.39, 0.29) is 19.3 Å². The zero-order valence-electron chi connectivity index (χ0n) is 13.7. The van der Waals surface area contributed by atoms with Crippen LogP contribution in [0.15, 0.2) is 24.5 Å². The van der Waals surface area contributed by atoms with Crippen molar-refractivity contribution in [2.75, 3.05) is 0 Å². The molecule has 3 saturated carbocycles. The van der Waals surface area contributed by atoms with Crippen LogP contribution in [-0.2, 0) is 16.9 Å². The van der Waals surface area contributed by atoms with Crippen molar-refractivity contribution in [1.82, 2.24) is 20.2 Å². The molecular formula is C16H14F4N4O3. The monoisotopic (exact) mass is 386 g/mol. The fraction of sp³-hybridized carbons (Fsp3) is 0.500. The number of carboxylic acids is 1. The Labute approximate surface area is 149 Å². The van der Waals surface area contributed by atoms with Gasteiger partial charge < -0.3 is 10.2 Å². The molecule has 27 heavy (non-hydrogen) atoms. The highest BCUT2D eigenvalue weighted by atomic mass is 19.3. The molecule has 1 aromatic carbocycles. The van der Waals surface area contributed by atoms with Gasteiger partial charge in [0.05, 0.1) is 12.0 Å². The largest absolute Gasteiger partial charge is 0.481 e. The number of carboxylic acid groups (broad SMARTS) is 1. The molecule has 0 saturated heterocycles. The minimum atomic E-state index is -3.91. The van der Waals surface area contributed by atoms with Gasteiger partial charge in [-0.3, -0.25) is 4.79 Å². The van der Waals surface area contributed by atoms with Crippen LogP contribution in [0.5, 0.6) is 0 Å². The van der Waals surface area contributed by atoms with Gasteiger partial charge in [-0.15, -0.1) is 5.10 Å². The van der Waals surface area contributed by atoms with Gasteiger partial charge in [0.1, 0.15) is 18.0 Å². The first-order valence-electron chi connectivity index (χ1n) is 8.05. The summed E-state index contributed by atoms with van der Waals surface area (Å²) in [5.41, 5.74) is -6.92. The van der Waals surface area contributed by atoms with E-state index in [4.69, 9.17) is 0 Å². The molecule has 144 valence electrons. The average molecular weight is 386 g/mol. The second-order valence-electron chi connectivity index (χ2n) is 7.46. The number of tetrazole rings is 1. The maximum atomic E-state index is 15.5. The minimum Gasteiger partial charge on any atom is -0.481 e. The van der Waals surface area contributed by atoms with E-state index < -0.39 is 52.1 Å². The SMILES string of the molecule is O=C(O)C12CC(C(F)(F)C(O)(Cn3cnnn3)c3ccc(F)cc3F)(C1)C2. The highest BCUT2D eigenvalue weighted by molar-refractivity contribution is 5.79. The van der Waals surface area contributed by atoms with Crippen LogP contribution in [0.1, 0.15) is 24.8 Å². The van der Waals surface area contributed by atoms with Crippen molar-refractivity contribution in [1.29, 1.82) is 0 Å². The third-order valence-corrected chi connectivity index (χ3v) is 5.83. The normalized spacial score (nSPS) is 28.8. The van der Waals surface area contributed by atoms with Crippen LogP contribution >= 0.6 is 0 Å². The van der Waals surface area contributed by atoms with Gasteiger partial charge in [0.25, 0.3) is 5.92 Å². The third-order valence-electron chi connectivity index (χ3n) is 5.83. The van der Waals surface area contributed by atoms with E-state index in [1.165, 1.54) is 0 Å². The molecule has 5 rings (SSSR count). The molecule has 0 amide bonds. The van der Waals surface area contributed by atoms with Crippen molar-refractivity contribution in [3.63, 3.8) is 0 Å². The van der Waals surface area contributed by atoms with Gasteiger partial charge in [-0.25, -0.2) is 22.2 Å². The maximum Gasteiger partial charge on any atom is 0.309 e. The Morgan fingerprint density at radius 3 is 2.44 bits per heavy atom. The Hall–Kier alpha value is -2.56. The Morgan fingerprint density at radius 1 is 1.26 bits per heavy atom. The summed E-state index contributed by atoms with van der Waals surface area (Å²) < 4.78 is 59.5. The van der Waals surface area contributed by atoms with E-state index in [9.17, 15) is 23.8 Å². The van der Waals surface area contributed by atoms with Gasteiger partial charge in [0.15, 0.2) is 5.60 Å². The van der Waals surface area contributed by atoms with Crippen molar-refractivity contribution in [2.45, 2.75) is 37.3 Å². The number of halogens is 4. The van der Waals surface area contributed by atoms with Gasteiger partial charge >= 0.3 is 5.97 Å². The van der Waals surface area contributed by atoms with Gasteiger partial charge in [-0.1, -0.05) is 0 Å². The Morgan fingerprint density at radius 2 is 1.93 bits per heavy atom. The van der Waals surface area contributed by atoms with Crippen LogP contribution in [0.4, 0.5) is 17.6 Å². The molecule has 3 aliphatic rings. The van der Waals surface area contributed by atoms with E-state index >= 15 is 8.78 Å². The first kappa shape index (κ1) is 17.8. The minimum absolute atomic E-state index is 0.330. The second kappa shape index (κ2) is 5.24. The van der Waals surface area contributed by atoms with E-state index in [2.05, 4.69) is 15.5 Å². The fourth-order valence-corrected chi connectivity index (χ4v) is 4.45. The standard InChI is InChI=1S/C16H14F4N4O3/c17-9-1-2-10(11(18)3-9)15(27,7-24-8-21-22-23-24)16(19,20)14-4-13(5-14,6-14)12(25)26/h1-3,8,27H,4-7H2,(H,25,26). The number of rotatable bonds is 6. The molecule has 1 heterocycles. The summed E-state index contributed by atoms with van der Waals surface area (Å²) in [6.07, 6.45) is -0.0154. The number of hydrogen-bond acceptors (Lipinski definition) is 5. The van der Waals surface area contributed by atoms with Crippen molar-refractivity contribution < 1.29 is 32.6 Å². The number of nitrogens with zero attached hydrogens (tertiary/aromatic N) is 4. The predicted octanol–water partition coefficient (Wildman–Crippen LogP) is 1.73. The highest BCUT2D eigenvalue weighted by Crippen LogP contribution is 2.80. The zero-order chi connectivity index (χ0) is 19.7. The molecule has 3 aliphatic carbocycles. The fourth-order valence-electron chi connectivity index (χ4n) is 4.45. The van der Waals surface area contributed by atoms with Crippen LogP contribution in [0, 0.1) is 22.5 Å². The van der Waals surface area contributed by atoms with E-state index in [1.807, 2.05) is 0 Å². The van der Waals surface area contributed by atoms with Crippen LogP contribution in [0.25, 0.3) is 0 Å². The molecular weight excluding hydrogens is 372 g/mol. The van der Waals surface area contributed by atoms with E-state index in [0.29, 0.717) is 6.07 Å². The van der Waals surface area contributed by atoms with Gasteiger partial charge in [0.2, 0.25) is 0 Å². The number of alkyl halides is 2. The number of hydrogen-bond donors (Lipinski definition) is 2. The summed E-state index contributed by atoms with van der Waals surface area (Å²) in [4.78, 5) is 11.2. The Bertz CT molecular complexity index is 901. The lowest BCUT2D eigenvalue weighted by Crippen LogP contribution is -2.76. The summed E-state index contributed by atoms with van der Waals surface area (Å²) in [6.45, 7) is -0.891. The summed E-state index contributed by atoms with van der Waals surface area (Å²) in [5.74, 6) is -7.41. The van der Waals surface area contributed by atoms with Gasteiger partial charge in [0, 0.05) is 17.0 Å². The molecule has 2 aromatic rings. The van der Waals surface area contributed by atoms with Crippen molar-refractivity contribution in [2.24, 2.45) is 10.8 Å². The Kier molecular flexibility index (Phi) is 3.46. The molecule has 1 atom stereocenters. The molecule has 0 aliphatic heterocycles. The highest BCUT2D eigenvalue weighted by Gasteiger charge is 2.84. The number of aromatic nitrogens is 4. The van der Waals surface area contributed by atoms with Crippen LogP contribution < -0.4 is 0 Å². The maximum absolute atomic E-state index is 15.5. The van der Waals surface area contributed by atoms with Crippen LogP contribution in [-0.4, -0.2) is 42.3 Å². The molecule has 0 radical (unpaired) electrons. The molecule has 11 heteroatoms. The summed E-state index contributed by atoms with van der Waals surface area (Å²) in [6, 6.07) is 1.91. The first-order chi connectivity index (χ1) is 12.6. The summed E-state index contributed by atoms with van der Waals surface area (Å²) in [5, 5.41) is 30.2. The molecule has 0 spiro atoms. The average Bonchev–Trinajstić information content (AvgIpc) is 2.95. The number of benzene rings is 1. The van der Waals surface area contributed by atoms with Crippen molar-refractivity contribution in [3.05, 3.63) is 41.7 Å². The van der Waals surface area contributed by atoms with Crippen LogP contribution in [0.3, 0.4) is 0 Å². The predicted molar refractivity (Wildman–Crippen MR) is 79.4 cm³/mol. The molecule has 1 aromatic heterocycles. The van der Waals surface area contributed by atoms with E-state index in [0.717, 1.165) is 23.1 Å². The summed E-state index contributed by atoms with van der Waals surface area (Å²) >= 11 is 0. The van der Waals surface area contributed by atoms with Crippen molar-refractivity contribution >= 4 is 5.97 Å². The smallest absolute Gasteiger partial charge is 0.309 e. The molecule has 2 N–H and O–H groups in total. The van der Waals surface area contributed by atoms with E-state index in [1.54, 1.807) is 0 Å². The zero-order valence-corrected chi connectivity index (χ0v) is 13.7. The molecule has 7 nitrogen and oxygen atoms in total. The molecule has 3 fully saturated rings. The lowest BCUT2D eigenvalue weighted by atomic mass is 9.32. The van der Waals surface area contributed by atoms with Crippen LogP contribution in [0.2, 0.25) is 0 Å². The third kappa shape index (κ3) is 2.17. The summed E-state index contributed by atoms with van der Waals surface area (Å²) in [7, 11) is 0. The number of aliphatic hydroxyl groups is 1. The molecule has 2 bridgehead atoms. The molecule has 1 unspecified atom stereocenters. The number of carbonyl (C=O) groups is 1. The van der Waals surface area contributed by atoms with Gasteiger partial charge in [-0.2, -0.15) is 0 Å². The number of aliphatic carboxylic acids is 1. The Balaban J connectivity index is 1.78. The second-order valence-corrected chi connectivity index (χ2v) is 7.46. The van der Waals surface area contributed by atoms with Gasteiger partial charge in [-0.05, 0) is 41.8 Å².